The molecule has 1 saturated heterocycles. The number of benzene rings is 2. The second-order valence-corrected chi connectivity index (χ2v) is 6.89. The Bertz CT molecular complexity index is 768. The van der Waals surface area contributed by atoms with Gasteiger partial charge >= 0.3 is 0 Å². The fourth-order valence-corrected chi connectivity index (χ4v) is 3.45. The van der Waals surface area contributed by atoms with E-state index in [1.165, 1.54) is 5.56 Å². The molecule has 1 amide bonds. The molecule has 5 heteroatoms. The lowest BCUT2D eigenvalue weighted by atomic mass is 10.0. The second-order valence-electron chi connectivity index (χ2n) is 6.89. The van der Waals surface area contributed by atoms with Gasteiger partial charge in [-0.05, 0) is 48.7 Å². The van der Waals surface area contributed by atoms with Crippen LogP contribution < -0.4 is 10.1 Å². The lowest BCUT2D eigenvalue weighted by Gasteiger charge is -2.35. The molecule has 1 aliphatic heterocycles. The fourth-order valence-electron chi connectivity index (χ4n) is 3.45. The third kappa shape index (κ3) is 4.67. The average molecular weight is 368 g/mol. The van der Waals surface area contributed by atoms with Crippen LogP contribution in [0.1, 0.15) is 33.1 Å². The molecule has 2 aromatic rings. The summed E-state index contributed by atoms with van der Waals surface area (Å²) in [4.78, 5) is 15.1. The van der Waals surface area contributed by atoms with Crippen LogP contribution in [0.5, 0.6) is 5.75 Å². The van der Waals surface area contributed by atoms with Crippen LogP contribution in [-0.2, 0) is 4.74 Å². The van der Waals surface area contributed by atoms with Gasteiger partial charge in [0.15, 0.2) is 0 Å². The van der Waals surface area contributed by atoms with E-state index in [1.807, 2.05) is 44.2 Å². The van der Waals surface area contributed by atoms with Crippen molar-refractivity contribution in [2.75, 3.05) is 40.0 Å². The summed E-state index contributed by atoms with van der Waals surface area (Å²) in [6.45, 7) is 7.73. The minimum atomic E-state index is -0.0250. The highest BCUT2D eigenvalue weighted by atomic mass is 16.5. The molecule has 1 aliphatic rings. The molecule has 0 unspecified atom stereocenters. The molecule has 0 radical (unpaired) electrons. The Kier molecular flexibility index (Phi) is 6.48. The van der Waals surface area contributed by atoms with Crippen LogP contribution >= 0.6 is 0 Å². The number of methoxy groups -OCH3 is 1. The van der Waals surface area contributed by atoms with Crippen molar-refractivity contribution < 1.29 is 14.3 Å². The van der Waals surface area contributed by atoms with Gasteiger partial charge in [-0.3, -0.25) is 9.69 Å². The third-order valence-corrected chi connectivity index (χ3v) is 5.29. The van der Waals surface area contributed by atoms with E-state index in [4.69, 9.17) is 9.47 Å². The van der Waals surface area contributed by atoms with Gasteiger partial charge in [-0.15, -0.1) is 0 Å². The summed E-state index contributed by atoms with van der Waals surface area (Å²) < 4.78 is 10.8. The zero-order valence-corrected chi connectivity index (χ0v) is 16.3. The molecule has 0 saturated carbocycles. The number of nitrogens with zero attached hydrogens (tertiary/aromatic N) is 1. The van der Waals surface area contributed by atoms with Crippen LogP contribution in [0, 0.1) is 13.8 Å². The van der Waals surface area contributed by atoms with Crippen molar-refractivity contribution in [1.29, 1.82) is 0 Å². The van der Waals surface area contributed by atoms with Crippen molar-refractivity contribution in [2.45, 2.75) is 19.9 Å². The summed E-state index contributed by atoms with van der Waals surface area (Å²) in [5.41, 5.74) is 4.06. The summed E-state index contributed by atoms with van der Waals surface area (Å²) in [5, 5.41) is 3.14. The van der Waals surface area contributed by atoms with Crippen LogP contribution in [0.3, 0.4) is 0 Å². The number of rotatable bonds is 6. The minimum Gasteiger partial charge on any atom is -0.497 e. The summed E-state index contributed by atoms with van der Waals surface area (Å²) in [6.07, 6.45) is 0. The van der Waals surface area contributed by atoms with Gasteiger partial charge in [0.2, 0.25) is 0 Å². The van der Waals surface area contributed by atoms with Crippen molar-refractivity contribution in [2.24, 2.45) is 0 Å². The Morgan fingerprint density at radius 1 is 1.15 bits per heavy atom. The zero-order valence-electron chi connectivity index (χ0n) is 16.3. The van der Waals surface area contributed by atoms with Crippen LogP contribution in [0.2, 0.25) is 0 Å². The van der Waals surface area contributed by atoms with Gasteiger partial charge in [0, 0.05) is 25.2 Å². The maximum atomic E-state index is 12.8. The molecule has 144 valence electrons. The van der Waals surface area contributed by atoms with Gasteiger partial charge < -0.3 is 14.8 Å². The smallest absolute Gasteiger partial charge is 0.251 e. The van der Waals surface area contributed by atoms with Gasteiger partial charge in [-0.1, -0.05) is 24.3 Å². The average Bonchev–Trinajstić information content (AvgIpc) is 2.71. The quantitative estimate of drug-likeness (QED) is 0.851. The van der Waals surface area contributed by atoms with Gasteiger partial charge in [0.1, 0.15) is 5.75 Å². The summed E-state index contributed by atoms with van der Waals surface area (Å²) in [5.74, 6) is 0.807. The van der Waals surface area contributed by atoms with E-state index < -0.39 is 0 Å². The van der Waals surface area contributed by atoms with Crippen molar-refractivity contribution in [3.63, 3.8) is 0 Å². The maximum Gasteiger partial charge on any atom is 0.251 e. The Labute approximate surface area is 161 Å². The van der Waals surface area contributed by atoms with Crippen LogP contribution in [0.15, 0.2) is 42.5 Å². The number of morpholine rings is 1. The summed E-state index contributed by atoms with van der Waals surface area (Å²) in [6, 6.07) is 14.0. The Morgan fingerprint density at radius 2 is 1.85 bits per heavy atom. The van der Waals surface area contributed by atoms with E-state index in [9.17, 15) is 4.79 Å². The van der Waals surface area contributed by atoms with Crippen molar-refractivity contribution in [3.8, 4) is 5.75 Å². The number of aryl methyl sites for hydroxylation is 1. The summed E-state index contributed by atoms with van der Waals surface area (Å²) >= 11 is 0. The van der Waals surface area contributed by atoms with Gasteiger partial charge in [-0.25, -0.2) is 0 Å². The molecule has 0 spiro atoms. The third-order valence-electron chi connectivity index (χ3n) is 5.29. The van der Waals surface area contributed by atoms with Crippen LogP contribution in [0.4, 0.5) is 0 Å². The molecule has 1 fully saturated rings. The standard InChI is InChI=1S/C22H28N2O3/c1-16-5-4-6-20(17(16)2)22(25)23-15-21(24-11-13-27-14-12-24)18-7-9-19(26-3)10-8-18/h4-10,21H,11-15H2,1-3H3,(H,23,25)/t21-/m1/s1. The van der Waals surface area contributed by atoms with Gasteiger partial charge in [0.25, 0.3) is 5.91 Å². The Hall–Kier alpha value is -2.37. The first-order valence-electron chi connectivity index (χ1n) is 9.40. The normalized spacial score (nSPS) is 16.0. The van der Waals surface area contributed by atoms with E-state index in [1.54, 1.807) is 7.11 Å². The second kappa shape index (κ2) is 9.02. The molecule has 0 aromatic heterocycles. The molecular formula is C22H28N2O3. The van der Waals surface area contributed by atoms with Crippen LogP contribution in [-0.4, -0.2) is 50.8 Å². The molecule has 1 heterocycles. The van der Waals surface area contributed by atoms with E-state index in [0.717, 1.165) is 48.7 Å². The van der Waals surface area contributed by atoms with Gasteiger partial charge in [-0.2, -0.15) is 0 Å². The number of carbonyl (C=O) groups is 1. The minimum absolute atomic E-state index is 0.0250. The number of hydrogen-bond donors (Lipinski definition) is 1. The van der Waals surface area contributed by atoms with Crippen molar-refractivity contribution in [3.05, 3.63) is 64.7 Å². The topological polar surface area (TPSA) is 50.8 Å². The molecule has 1 N–H and O–H groups in total. The fraction of sp³-hybridized carbons (Fsp3) is 0.409. The first-order valence-corrected chi connectivity index (χ1v) is 9.40. The first-order chi connectivity index (χ1) is 13.1. The van der Waals surface area contributed by atoms with Crippen molar-refractivity contribution >= 4 is 5.91 Å². The lowest BCUT2D eigenvalue weighted by molar-refractivity contribution is 0.0162. The number of carbonyl (C=O) groups excluding carboxylic acids is 1. The number of nitrogens with one attached hydrogen (secondary N) is 1. The highest BCUT2D eigenvalue weighted by Gasteiger charge is 2.23. The van der Waals surface area contributed by atoms with Crippen LogP contribution in [0.25, 0.3) is 0 Å². The van der Waals surface area contributed by atoms with E-state index in [2.05, 4.69) is 22.3 Å². The zero-order chi connectivity index (χ0) is 19.2. The number of hydrogen-bond acceptors (Lipinski definition) is 4. The SMILES string of the molecule is COc1ccc([C@@H](CNC(=O)c2cccc(C)c2C)N2CCOCC2)cc1. The molecule has 27 heavy (non-hydrogen) atoms. The number of ether oxygens (including phenoxy) is 2. The van der Waals surface area contributed by atoms with Gasteiger partial charge in [0.05, 0.1) is 26.4 Å². The lowest BCUT2D eigenvalue weighted by Crippen LogP contribution is -2.43. The number of amides is 1. The van der Waals surface area contributed by atoms with E-state index in [-0.39, 0.29) is 11.9 Å². The molecular weight excluding hydrogens is 340 g/mol. The van der Waals surface area contributed by atoms with E-state index >= 15 is 0 Å². The maximum absolute atomic E-state index is 12.8. The monoisotopic (exact) mass is 368 g/mol. The Morgan fingerprint density at radius 3 is 2.52 bits per heavy atom. The molecule has 5 nitrogen and oxygen atoms in total. The first kappa shape index (κ1) is 19.4. The predicted molar refractivity (Wildman–Crippen MR) is 106 cm³/mol. The molecule has 2 aromatic carbocycles. The molecule has 1 atom stereocenters. The Balaban J connectivity index is 1.76. The largest absolute Gasteiger partial charge is 0.497 e. The van der Waals surface area contributed by atoms with Crippen molar-refractivity contribution in [1.82, 2.24) is 10.2 Å². The summed E-state index contributed by atoms with van der Waals surface area (Å²) in [7, 11) is 1.67. The highest BCUT2D eigenvalue weighted by Crippen LogP contribution is 2.24. The molecule has 0 aliphatic carbocycles. The molecule has 3 rings (SSSR count). The van der Waals surface area contributed by atoms with E-state index in [0.29, 0.717) is 6.54 Å². The predicted octanol–water partition coefficient (Wildman–Crippen LogP) is 3.12. The molecule has 0 bridgehead atoms. The highest BCUT2D eigenvalue weighted by molar-refractivity contribution is 5.95.